The second-order valence-corrected chi connectivity index (χ2v) is 4.25. The lowest BCUT2D eigenvalue weighted by molar-refractivity contribution is 0.0975. The van der Waals surface area contributed by atoms with Gasteiger partial charge in [0.1, 0.15) is 6.61 Å². The van der Waals surface area contributed by atoms with E-state index in [2.05, 4.69) is 22.6 Å². The Morgan fingerprint density at radius 1 is 1.41 bits per heavy atom. The van der Waals surface area contributed by atoms with Gasteiger partial charge in [0.15, 0.2) is 0 Å². The van der Waals surface area contributed by atoms with Gasteiger partial charge >= 0.3 is 0 Å². The van der Waals surface area contributed by atoms with Crippen molar-refractivity contribution in [3.8, 4) is 0 Å². The van der Waals surface area contributed by atoms with Crippen LogP contribution in [-0.2, 0) is 4.84 Å². The summed E-state index contributed by atoms with van der Waals surface area (Å²) in [5.41, 5.74) is 1.27. The van der Waals surface area contributed by atoms with E-state index in [1.165, 1.54) is 5.70 Å². The van der Waals surface area contributed by atoms with Crippen molar-refractivity contribution < 1.29 is 9.94 Å². The van der Waals surface area contributed by atoms with E-state index in [0.717, 1.165) is 12.8 Å². The highest BCUT2D eigenvalue weighted by molar-refractivity contribution is 5.61. The predicted octanol–water partition coefficient (Wildman–Crippen LogP) is 1.56. The maximum atomic E-state index is 8.51. The summed E-state index contributed by atoms with van der Waals surface area (Å²) < 4.78 is 0. The number of hydrogen-bond donors (Lipinski definition) is 2. The summed E-state index contributed by atoms with van der Waals surface area (Å²) in [6.07, 6.45) is 14.2. The van der Waals surface area contributed by atoms with E-state index >= 15 is 0 Å². The summed E-state index contributed by atoms with van der Waals surface area (Å²) in [6.45, 7) is 0.287. The lowest BCUT2D eigenvalue weighted by Crippen LogP contribution is -2.30. The van der Waals surface area contributed by atoms with Crippen molar-refractivity contribution in [3.05, 3.63) is 36.2 Å². The van der Waals surface area contributed by atoms with Crippen molar-refractivity contribution in [3.63, 3.8) is 0 Å². The van der Waals surface area contributed by atoms with Crippen molar-refractivity contribution in [1.82, 2.24) is 5.32 Å². The van der Waals surface area contributed by atoms with Crippen LogP contribution in [0.25, 0.3) is 0 Å². The van der Waals surface area contributed by atoms with Gasteiger partial charge in [0, 0.05) is 24.0 Å². The van der Waals surface area contributed by atoms with E-state index in [1.807, 2.05) is 24.6 Å². The molecule has 2 aliphatic rings. The van der Waals surface area contributed by atoms with E-state index in [-0.39, 0.29) is 13.2 Å². The lowest BCUT2D eigenvalue weighted by Gasteiger charge is -2.34. The molecule has 0 saturated heterocycles. The van der Waals surface area contributed by atoms with Crippen LogP contribution in [0.3, 0.4) is 0 Å². The van der Waals surface area contributed by atoms with Crippen LogP contribution in [0, 0.1) is 11.8 Å². The Hall–Kier alpha value is -1.55. The summed E-state index contributed by atoms with van der Waals surface area (Å²) in [6, 6.07) is 0. The number of aliphatic hydroxyl groups excluding tert-OH is 1. The van der Waals surface area contributed by atoms with Crippen LogP contribution >= 0.6 is 0 Å². The van der Waals surface area contributed by atoms with Gasteiger partial charge in [-0.3, -0.25) is 0 Å². The van der Waals surface area contributed by atoms with E-state index in [4.69, 9.17) is 9.94 Å². The van der Waals surface area contributed by atoms with Crippen LogP contribution in [0.1, 0.15) is 12.8 Å². The zero-order valence-electron chi connectivity index (χ0n) is 9.75. The van der Waals surface area contributed by atoms with Crippen molar-refractivity contribution >= 4 is 6.21 Å². The Kier molecular flexibility index (Phi) is 4.38. The Bertz CT molecular complexity index is 352. The fraction of sp³-hybridized carbons (Fsp3) is 0.462. The van der Waals surface area contributed by atoms with Crippen LogP contribution in [0.4, 0.5) is 0 Å². The first kappa shape index (κ1) is 11.9. The molecular formula is C13H18N2O2. The molecule has 0 aromatic heterocycles. The van der Waals surface area contributed by atoms with E-state index in [9.17, 15) is 0 Å². The van der Waals surface area contributed by atoms with E-state index < -0.39 is 0 Å². The average Bonchev–Trinajstić information content (AvgIpc) is 2.55. The predicted molar refractivity (Wildman–Crippen MR) is 67.2 cm³/mol. The molecule has 17 heavy (non-hydrogen) atoms. The number of allylic oxidation sites excluding steroid dienone is 5. The molecule has 0 bridgehead atoms. The molecule has 0 aromatic carbocycles. The molecule has 4 heteroatoms. The molecule has 0 unspecified atom stereocenters. The lowest BCUT2D eigenvalue weighted by atomic mass is 9.73. The number of nitrogens with one attached hydrogen (secondary N) is 1. The van der Waals surface area contributed by atoms with E-state index in [0.29, 0.717) is 11.8 Å². The molecule has 2 rings (SSSR count). The molecule has 0 radical (unpaired) electrons. The smallest absolute Gasteiger partial charge is 0.140 e. The number of nitrogens with zero attached hydrogens (tertiary/aromatic N) is 1. The molecular weight excluding hydrogens is 216 g/mol. The molecule has 4 nitrogen and oxygen atoms in total. The van der Waals surface area contributed by atoms with Gasteiger partial charge in [0.2, 0.25) is 0 Å². The van der Waals surface area contributed by atoms with Gasteiger partial charge in [0.05, 0.1) is 6.61 Å². The SMILES string of the molecule is OCCON=CC1CC(C2=CC=CC=CN2)C1. The average molecular weight is 234 g/mol. The molecule has 1 heterocycles. The molecule has 1 aliphatic carbocycles. The van der Waals surface area contributed by atoms with Crippen LogP contribution < -0.4 is 5.32 Å². The van der Waals surface area contributed by atoms with Gasteiger partial charge < -0.3 is 15.3 Å². The Morgan fingerprint density at radius 3 is 3.12 bits per heavy atom. The highest BCUT2D eigenvalue weighted by atomic mass is 16.6. The van der Waals surface area contributed by atoms with Crippen LogP contribution in [0.15, 0.2) is 41.4 Å². The third-order valence-corrected chi connectivity index (χ3v) is 2.99. The fourth-order valence-corrected chi connectivity index (χ4v) is 1.99. The molecule has 1 aliphatic heterocycles. The molecule has 0 aromatic rings. The zero-order chi connectivity index (χ0) is 11.9. The summed E-state index contributed by atoms with van der Waals surface area (Å²) in [5.74, 6) is 1.09. The first-order chi connectivity index (χ1) is 8.40. The highest BCUT2D eigenvalue weighted by Crippen LogP contribution is 2.37. The second kappa shape index (κ2) is 6.25. The van der Waals surface area contributed by atoms with Crippen molar-refractivity contribution in [2.75, 3.05) is 13.2 Å². The van der Waals surface area contributed by atoms with Crippen molar-refractivity contribution in [2.24, 2.45) is 17.0 Å². The molecule has 1 fully saturated rings. The Labute approximate surface area is 101 Å². The monoisotopic (exact) mass is 234 g/mol. The number of rotatable bonds is 5. The number of aliphatic hydroxyl groups is 1. The summed E-state index contributed by atoms with van der Waals surface area (Å²) in [4.78, 5) is 4.86. The van der Waals surface area contributed by atoms with Gasteiger partial charge in [-0.1, -0.05) is 17.3 Å². The highest BCUT2D eigenvalue weighted by Gasteiger charge is 2.30. The molecule has 92 valence electrons. The minimum Gasteiger partial charge on any atom is -0.394 e. The third kappa shape index (κ3) is 3.46. The molecule has 0 amide bonds. The van der Waals surface area contributed by atoms with Gasteiger partial charge in [-0.15, -0.1) is 0 Å². The van der Waals surface area contributed by atoms with Crippen molar-refractivity contribution in [1.29, 1.82) is 0 Å². The fourth-order valence-electron chi connectivity index (χ4n) is 1.99. The zero-order valence-corrected chi connectivity index (χ0v) is 9.75. The van der Waals surface area contributed by atoms with Crippen LogP contribution in [0.2, 0.25) is 0 Å². The number of hydrogen-bond acceptors (Lipinski definition) is 4. The van der Waals surface area contributed by atoms with Gasteiger partial charge in [-0.25, -0.2) is 0 Å². The Morgan fingerprint density at radius 2 is 2.29 bits per heavy atom. The first-order valence-electron chi connectivity index (χ1n) is 5.96. The van der Waals surface area contributed by atoms with E-state index in [1.54, 1.807) is 0 Å². The standard InChI is InChI=1S/C13H18N2O2/c16-6-7-17-15-10-11-8-12(9-11)13-4-2-1-3-5-14-13/h1-5,10-12,14,16H,6-9H2. The maximum Gasteiger partial charge on any atom is 0.140 e. The largest absolute Gasteiger partial charge is 0.394 e. The third-order valence-electron chi connectivity index (χ3n) is 2.99. The van der Waals surface area contributed by atoms with Gasteiger partial charge in [-0.2, -0.15) is 0 Å². The van der Waals surface area contributed by atoms with Crippen molar-refractivity contribution in [2.45, 2.75) is 12.8 Å². The van der Waals surface area contributed by atoms with Crippen LogP contribution in [-0.4, -0.2) is 24.5 Å². The topological polar surface area (TPSA) is 53.9 Å². The minimum absolute atomic E-state index is 0.0140. The normalized spacial score (nSPS) is 27.2. The molecule has 0 spiro atoms. The first-order valence-corrected chi connectivity index (χ1v) is 5.96. The van der Waals surface area contributed by atoms with Gasteiger partial charge in [-0.05, 0) is 30.9 Å². The molecule has 1 saturated carbocycles. The number of oxime groups is 1. The molecule has 0 atom stereocenters. The Balaban J connectivity index is 1.71. The second-order valence-electron chi connectivity index (χ2n) is 4.25. The summed E-state index contributed by atoms with van der Waals surface area (Å²) in [5, 5.41) is 15.6. The quantitative estimate of drug-likeness (QED) is 0.431. The summed E-state index contributed by atoms with van der Waals surface area (Å²) >= 11 is 0. The summed E-state index contributed by atoms with van der Waals surface area (Å²) in [7, 11) is 0. The minimum atomic E-state index is 0.0140. The molecule has 2 N–H and O–H groups in total. The van der Waals surface area contributed by atoms with Gasteiger partial charge in [0.25, 0.3) is 0 Å². The van der Waals surface area contributed by atoms with Crippen LogP contribution in [0.5, 0.6) is 0 Å². The maximum absolute atomic E-state index is 8.51.